The highest BCUT2D eigenvalue weighted by molar-refractivity contribution is 9.10. The maximum absolute atomic E-state index is 13.0. The molecule has 9 heteroatoms. The number of aromatic nitrogens is 3. The molecule has 4 rings (SSSR count). The first-order valence-electron chi connectivity index (χ1n) is 9.43. The van der Waals surface area contributed by atoms with Crippen molar-refractivity contribution < 1.29 is 9.90 Å². The van der Waals surface area contributed by atoms with Crippen LogP contribution in [0.25, 0.3) is 21.0 Å². The number of hydrogen-bond acceptors (Lipinski definition) is 5. The molecule has 0 saturated heterocycles. The number of rotatable bonds is 6. The van der Waals surface area contributed by atoms with E-state index >= 15 is 0 Å². The Bertz CT molecular complexity index is 1390. The standard InChI is InChI=1S/C21H18BrN3O4S/c1-2-5-17(20(27)28)25-19(26)14-7-4-3-6-13(14)15(24-25)9-11-8-12(22)10-16-18(11)30-21(29)23-16/h3-4,6-8,10,17H,2,5,9H2,1H3,(H,23,29)(H,27,28). The molecule has 0 radical (unpaired) electrons. The van der Waals surface area contributed by atoms with E-state index in [-0.39, 0.29) is 4.87 Å². The number of thiazole rings is 1. The molecule has 0 saturated carbocycles. The molecule has 2 heterocycles. The molecule has 2 N–H and O–H groups in total. The average Bonchev–Trinajstić information content (AvgIpc) is 3.08. The molecule has 2 aromatic heterocycles. The van der Waals surface area contributed by atoms with Crippen LogP contribution in [0.1, 0.15) is 37.1 Å². The minimum absolute atomic E-state index is 0.152. The maximum atomic E-state index is 13.0. The van der Waals surface area contributed by atoms with E-state index in [1.807, 2.05) is 31.2 Å². The van der Waals surface area contributed by atoms with Gasteiger partial charge in [0.25, 0.3) is 5.56 Å². The summed E-state index contributed by atoms with van der Waals surface area (Å²) in [7, 11) is 0. The van der Waals surface area contributed by atoms with Crippen molar-refractivity contribution in [2.45, 2.75) is 32.2 Å². The minimum atomic E-state index is -1.08. The number of nitrogens with one attached hydrogen (secondary N) is 1. The lowest BCUT2D eigenvalue weighted by Gasteiger charge is -2.17. The van der Waals surface area contributed by atoms with Crippen LogP contribution < -0.4 is 10.4 Å². The molecule has 0 spiro atoms. The van der Waals surface area contributed by atoms with Gasteiger partial charge in [0.05, 0.1) is 21.3 Å². The quantitative estimate of drug-likeness (QED) is 0.426. The summed E-state index contributed by atoms with van der Waals surface area (Å²) in [5.74, 6) is -1.08. The fourth-order valence-electron chi connectivity index (χ4n) is 3.64. The van der Waals surface area contributed by atoms with Crippen molar-refractivity contribution in [3.05, 3.63) is 72.1 Å². The minimum Gasteiger partial charge on any atom is -0.480 e. The molecule has 0 amide bonds. The monoisotopic (exact) mass is 487 g/mol. The van der Waals surface area contributed by atoms with Gasteiger partial charge in [-0.2, -0.15) is 5.10 Å². The van der Waals surface area contributed by atoms with Crippen LogP contribution in [0.15, 0.2) is 50.5 Å². The van der Waals surface area contributed by atoms with Gasteiger partial charge < -0.3 is 10.1 Å². The van der Waals surface area contributed by atoms with Crippen LogP contribution in [0.2, 0.25) is 0 Å². The Morgan fingerprint density at radius 1 is 1.27 bits per heavy atom. The van der Waals surface area contributed by atoms with E-state index in [9.17, 15) is 19.5 Å². The third kappa shape index (κ3) is 3.70. The van der Waals surface area contributed by atoms with Gasteiger partial charge >= 0.3 is 10.8 Å². The number of H-pyrrole nitrogens is 1. The smallest absolute Gasteiger partial charge is 0.328 e. The summed E-state index contributed by atoms with van der Waals surface area (Å²) in [5, 5.41) is 15.3. The van der Waals surface area contributed by atoms with Crippen LogP contribution in [0.4, 0.5) is 0 Å². The fourth-order valence-corrected chi connectivity index (χ4v) is 4.98. The van der Waals surface area contributed by atoms with Crippen molar-refractivity contribution in [1.82, 2.24) is 14.8 Å². The number of aliphatic carboxylic acids is 1. The number of nitrogens with zero attached hydrogens (tertiary/aromatic N) is 2. The van der Waals surface area contributed by atoms with Crippen molar-refractivity contribution in [2.24, 2.45) is 0 Å². The summed E-state index contributed by atoms with van der Waals surface area (Å²) < 4.78 is 2.72. The summed E-state index contributed by atoms with van der Waals surface area (Å²) in [4.78, 5) is 39.4. The van der Waals surface area contributed by atoms with E-state index in [0.717, 1.165) is 36.3 Å². The predicted molar refractivity (Wildman–Crippen MR) is 121 cm³/mol. The van der Waals surface area contributed by atoms with Crippen LogP contribution in [0, 0.1) is 0 Å². The number of fused-ring (bicyclic) bond motifs is 2. The Morgan fingerprint density at radius 3 is 2.70 bits per heavy atom. The molecular weight excluding hydrogens is 470 g/mol. The number of aromatic amines is 1. The van der Waals surface area contributed by atoms with E-state index in [2.05, 4.69) is 26.0 Å². The zero-order valence-corrected chi connectivity index (χ0v) is 18.4. The SMILES string of the molecule is CCCC(C(=O)O)n1nc(Cc2cc(Br)cc3[nH]c(=O)sc23)c2ccccc2c1=O. The number of hydrogen-bond donors (Lipinski definition) is 2. The molecule has 0 aliphatic rings. The van der Waals surface area contributed by atoms with Gasteiger partial charge in [0.1, 0.15) is 0 Å². The molecule has 30 heavy (non-hydrogen) atoms. The summed E-state index contributed by atoms with van der Waals surface area (Å²) in [5.41, 5.74) is 1.77. The van der Waals surface area contributed by atoms with Crippen molar-refractivity contribution in [2.75, 3.05) is 0 Å². The van der Waals surface area contributed by atoms with Crippen LogP contribution in [0.3, 0.4) is 0 Å². The van der Waals surface area contributed by atoms with E-state index in [0.29, 0.717) is 35.7 Å². The van der Waals surface area contributed by atoms with Crippen molar-refractivity contribution in [3.63, 3.8) is 0 Å². The third-order valence-corrected chi connectivity index (χ3v) is 6.40. The van der Waals surface area contributed by atoms with Crippen LogP contribution in [0.5, 0.6) is 0 Å². The topological polar surface area (TPSA) is 105 Å². The first-order valence-corrected chi connectivity index (χ1v) is 11.0. The molecule has 0 bridgehead atoms. The second-order valence-electron chi connectivity index (χ2n) is 7.02. The van der Waals surface area contributed by atoms with Gasteiger partial charge in [0.2, 0.25) is 0 Å². The Kier molecular flexibility index (Phi) is 5.57. The molecule has 0 aliphatic heterocycles. The van der Waals surface area contributed by atoms with Gasteiger partial charge in [-0.15, -0.1) is 0 Å². The van der Waals surface area contributed by atoms with Crippen molar-refractivity contribution in [3.8, 4) is 0 Å². The number of carboxylic acids is 1. The van der Waals surface area contributed by atoms with Gasteiger partial charge in [-0.25, -0.2) is 9.48 Å². The van der Waals surface area contributed by atoms with E-state index in [4.69, 9.17) is 0 Å². The molecule has 2 aromatic carbocycles. The van der Waals surface area contributed by atoms with Gasteiger partial charge in [-0.05, 0) is 30.2 Å². The van der Waals surface area contributed by atoms with E-state index < -0.39 is 17.6 Å². The maximum Gasteiger partial charge on any atom is 0.328 e. The normalized spacial score (nSPS) is 12.5. The Balaban J connectivity index is 1.95. The third-order valence-electron chi connectivity index (χ3n) is 4.97. The van der Waals surface area contributed by atoms with Crippen LogP contribution >= 0.6 is 27.3 Å². The first-order chi connectivity index (χ1) is 14.4. The number of carboxylic acid groups (broad SMARTS) is 1. The van der Waals surface area contributed by atoms with E-state index in [1.165, 1.54) is 0 Å². The summed E-state index contributed by atoms with van der Waals surface area (Å²) in [6.45, 7) is 1.87. The second kappa shape index (κ2) is 8.16. The molecular formula is C21H18BrN3O4S. The Morgan fingerprint density at radius 2 is 2.00 bits per heavy atom. The van der Waals surface area contributed by atoms with Gasteiger partial charge in [0.15, 0.2) is 6.04 Å². The number of benzene rings is 2. The largest absolute Gasteiger partial charge is 0.480 e. The summed E-state index contributed by atoms with van der Waals surface area (Å²) >= 11 is 4.59. The number of carbonyl (C=O) groups is 1. The molecule has 154 valence electrons. The molecule has 4 aromatic rings. The van der Waals surface area contributed by atoms with Gasteiger partial charge in [-0.3, -0.25) is 9.59 Å². The second-order valence-corrected chi connectivity index (χ2v) is 8.92. The molecule has 1 atom stereocenters. The van der Waals surface area contributed by atoms with Gasteiger partial charge in [0, 0.05) is 16.3 Å². The fraction of sp³-hybridized carbons (Fsp3) is 0.238. The molecule has 7 nitrogen and oxygen atoms in total. The molecule has 0 fully saturated rings. The Labute approximate surface area is 183 Å². The lowest BCUT2D eigenvalue weighted by molar-refractivity contribution is -0.141. The van der Waals surface area contributed by atoms with Crippen molar-refractivity contribution in [1.29, 1.82) is 0 Å². The lowest BCUT2D eigenvalue weighted by atomic mass is 10.0. The van der Waals surface area contributed by atoms with Crippen LogP contribution in [-0.2, 0) is 11.2 Å². The van der Waals surface area contributed by atoms with Crippen LogP contribution in [-0.4, -0.2) is 25.8 Å². The summed E-state index contributed by atoms with van der Waals surface area (Å²) in [6, 6.07) is 9.80. The lowest BCUT2D eigenvalue weighted by Crippen LogP contribution is -2.33. The first kappa shape index (κ1) is 20.5. The van der Waals surface area contributed by atoms with Gasteiger partial charge in [-0.1, -0.05) is 58.8 Å². The number of halogens is 1. The molecule has 0 aliphatic carbocycles. The van der Waals surface area contributed by atoms with Crippen molar-refractivity contribution >= 4 is 54.2 Å². The zero-order chi connectivity index (χ0) is 21.4. The average molecular weight is 488 g/mol. The Hall–Kier alpha value is -2.78. The molecule has 1 unspecified atom stereocenters. The summed E-state index contributed by atoms with van der Waals surface area (Å²) in [6.07, 6.45) is 1.26. The highest BCUT2D eigenvalue weighted by Crippen LogP contribution is 2.28. The highest BCUT2D eigenvalue weighted by atomic mass is 79.9. The van der Waals surface area contributed by atoms with E-state index in [1.54, 1.807) is 12.1 Å². The highest BCUT2D eigenvalue weighted by Gasteiger charge is 2.23. The zero-order valence-electron chi connectivity index (χ0n) is 16.0. The predicted octanol–water partition coefficient (Wildman–Crippen LogP) is 4.08.